The average molecular weight is 685 g/mol. The van der Waals surface area contributed by atoms with Gasteiger partial charge in [-0.15, -0.1) is 0 Å². The first-order valence-electron chi connectivity index (χ1n) is 15.5. The summed E-state index contributed by atoms with van der Waals surface area (Å²) >= 11 is 6.55. The molecule has 0 saturated carbocycles. The van der Waals surface area contributed by atoms with Gasteiger partial charge in [0.15, 0.2) is 11.5 Å². The summed E-state index contributed by atoms with van der Waals surface area (Å²) in [4.78, 5) is 31.1. The number of para-hydroxylation sites is 1. The SMILES string of the molecule is CCOC(=O)c1cnn(-c2cccc(-c3cccc(Cl)c3OCc3ccc([C@@H]4CCCN(C(=O)OC(C)(C)C)C4)cc3)n2)c1C(F)(F)F. The van der Waals surface area contributed by atoms with Gasteiger partial charge in [-0.3, -0.25) is 0 Å². The number of pyridine rings is 1. The fourth-order valence-corrected chi connectivity index (χ4v) is 5.71. The van der Waals surface area contributed by atoms with Gasteiger partial charge in [-0.1, -0.05) is 48.0 Å². The Balaban J connectivity index is 1.34. The fraction of sp³-hybridized carbons (Fsp3) is 0.371. The van der Waals surface area contributed by atoms with E-state index in [2.05, 4.69) is 10.1 Å². The molecule has 0 aliphatic carbocycles. The predicted octanol–water partition coefficient (Wildman–Crippen LogP) is 8.48. The Labute approximate surface area is 281 Å². The lowest BCUT2D eigenvalue weighted by atomic mass is 9.90. The second kappa shape index (κ2) is 14.3. The number of carbonyl (C=O) groups is 2. The van der Waals surface area contributed by atoms with Crippen LogP contribution < -0.4 is 4.74 Å². The van der Waals surface area contributed by atoms with Crippen molar-refractivity contribution in [3.8, 4) is 22.8 Å². The zero-order chi connectivity index (χ0) is 34.6. The lowest BCUT2D eigenvalue weighted by Gasteiger charge is -2.34. The van der Waals surface area contributed by atoms with Gasteiger partial charge in [-0.2, -0.15) is 18.3 Å². The summed E-state index contributed by atoms with van der Waals surface area (Å²) < 4.78 is 59.4. The molecule has 4 aromatic rings. The molecule has 0 N–H and O–H groups in total. The van der Waals surface area contributed by atoms with E-state index >= 15 is 0 Å². The topological polar surface area (TPSA) is 95.8 Å². The minimum Gasteiger partial charge on any atom is -0.487 e. The van der Waals surface area contributed by atoms with Gasteiger partial charge in [-0.25, -0.2) is 19.3 Å². The Hall–Kier alpha value is -4.58. The molecule has 0 spiro atoms. The van der Waals surface area contributed by atoms with Crippen LogP contribution in [0.3, 0.4) is 0 Å². The van der Waals surface area contributed by atoms with Crippen molar-refractivity contribution in [2.45, 2.75) is 64.8 Å². The zero-order valence-electron chi connectivity index (χ0n) is 27.0. The van der Waals surface area contributed by atoms with E-state index in [9.17, 15) is 22.8 Å². The number of esters is 1. The number of hydrogen-bond acceptors (Lipinski definition) is 7. The largest absolute Gasteiger partial charge is 0.487 e. The first kappa shape index (κ1) is 34.7. The Kier molecular flexibility index (Phi) is 10.3. The third-order valence-electron chi connectivity index (χ3n) is 7.63. The lowest BCUT2D eigenvalue weighted by Crippen LogP contribution is -2.42. The van der Waals surface area contributed by atoms with Crippen molar-refractivity contribution in [2.75, 3.05) is 19.7 Å². The fourth-order valence-electron chi connectivity index (χ4n) is 5.48. The Morgan fingerprint density at radius 1 is 1.02 bits per heavy atom. The van der Waals surface area contributed by atoms with Crippen molar-refractivity contribution in [3.05, 3.63) is 94.3 Å². The van der Waals surface area contributed by atoms with Crippen LogP contribution >= 0.6 is 11.6 Å². The molecule has 48 heavy (non-hydrogen) atoms. The van der Waals surface area contributed by atoms with Crippen LogP contribution in [0.1, 0.15) is 73.6 Å². The van der Waals surface area contributed by atoms with Crippen molar-refractivity contribution in [2.24, 2.45) is 0 Å². The normalized spacial score (nSPS) is 15.2. The maximum Gasteiger partial charge on any atom is 0.434 e. The number of ether oxygens (including phenoxy) is 3. The quantitative estimate of drug-likeness (QED) is 0.172. The molecule has 1 fully saturated rings. The molecule has 1 aliphatic rings. The molecule has 1 atom stereocenters. The average Bonchev–Trinajstić information content (AvgIpc) is 3.51. The molecule has 1 amide bonds. The Morgan fingerprint density at radius 2 is 1.75 bits per heavy atom. The molecule has 5 rings (SSSR count). The zero-order valence-corrected chi connectivity index (χ0v) is 27.8. The second-order valence-electron chi connectivity index (χ2n) is 12.3. The molecule has 3 heterocycles. The van der Waals surface area contributed by atoms with E-state index in [4.69, 9.17) is 25.8 Å². The van der Waals surface area contributed by atoms with Gasteiger partial charge in [0.25, 0.3) is 0 Å². The van der Waals surface area contributed by atoms with Crippen molar-refractivity contribution in [1.82, 2.24) is 19.7 Å². The number of aromatic nitrogens is 3. The smallest absolute Gasteiger partial charge is 0.434 e. The number of carbonyl (C=O) groups excluding carboxylic acids is 2. The van der Waals surface area contributed by atoms with Crippen LogP contribution in [-0.2, 0) is 22.3 Å². The summed E-state index contributed by atoms with van der Waals surface area (Å²) in [6, 6.07) is 17.5. The molecular weight excluding hydrogens is 649 g/mol. The molecule has 13 heteroatoms. The molecule has 254 valence electrons. The summed E-state index contributed by atoms with van der Waals surface area (Å²) in [5.74, 6) is -0.815. The molecular formula is C35H36ClF3N4O5. The third kappa shape index (κ3) is 8.10. The Morgan fingerprint density at radius 3 is 2.44 bits per heavy atom. The highest BCUT2D eigenvalue weighted by atomic mass is 35.5. The number of hydrogen-bond donors (Lipinski definition) is 0. The van der Waals surface area contributed by atoms with Crippen LogP contribution in [0, 0.1) is 0 Å². The highest BCUT2D eigenvalue weighted by Crippen LogP contribution is 2.38. The number of nitrogens with zero attached hydrogens (tertiary/aromatic N) is 4. The predicted molar refractivity (Wildman–Crippen MR) is 173 cm³/mol. The summed E-state index contributed by atoms with van der Waals surface area (Å²) in [5.41, 5.74) is 0.155. The number of piperidine rings is 1. The van der Waals surface area contributed by atoms with E-state index in [1.165, 1.54) is 19.1 Å². The molecule has 2 aromatic heterocycles. The van der Waals surface area contributed by atoms with Crippen LogP contribution in [0.5, 0.6) is 5.75 Å². The first-order valence-corrected chi connectivity index (χ1v) is 15.9. The van der Waals surface area contributed by atoms with E-state index < -0.39 is 29.0 Å². The van der Waals surface area contributed by atoms with Gasteiger partial charge in [0.05, 0.1) is 23.5 Å². The number of rotatable bonds is 8. The minimum atomic E-state index is -4.91. The van der Waals surface area contributed by atoms with Gasteiger partial charge in [0, 0.05) is 24.6 Å². The van der Waals surface area contributed by atoms with E-state index in [1.807, 2.05) is 45.0 Å². The second-order valence-corrected chi connectivity index (χ2v) is 12.7. The van der Waals surface area contributed by atoms with Gasteiger partial charge < -0.3 is 19.1 Å². The summed E-state index contributed by atoms with van der Waals surface area (Å²) in [6.07, 6.45) is -2.56. The lowest BCUT2D eigenvalue weighted by molar-refractivity contribution is -0.143. The van der Waals surface area contributed by atoms with Crippen molar-refractivity contribution in [1.29, 1.82) is 0 Å². The molecule has 0 radical (unpaired) electrons. The number of alkyl halides is 3. The van der Waals surface area contributed by atoms with E-state index in [0.29, 0.717) is 34.1 Å². The van der Waals surface area contributed by atoms with Crippen molar-refractivity contribution >= 4 is 23.7 Å². The van der Waals surface area contributed by atoms with Crippen LogP contribution in [0.15, 0.2) is 66.9 Å². The number of halogens is 4. The molecule has 9 nitrogen and oxygen atoms in total. The van der Waals surface area contributed by atoms with Crippen LogP contribution in [0.4, 0.5) is 18.0 Å². The molecule has 0 unspecified atom stereocenters. The molecule has 1 aliphatic heterocycles. The highest BCUT2D eigenvalue weighted by Gasteiger charge is 2.41. The van der Waals surface area contributed by atoms with Gasteiger partial charge in [0.2, 0.25) is 0 Å². The number of benzene rings is 2. The van der Waals surface area contributed by atoms with Gasteiger partial charge in [-0.05, 0) is 75.9 Å². The van der Waals surface area contributed by atoms with E-state index in [-0.39, 0.29) is 36.7 Å². The number of amides is 1. The summed E-state index contributed by atoms with van der Waals surface area (Å²) in [6.45, 7) is 8.36. The standard InChI is InChI=1S/C35H36ClF3N4O5/c1-5-46-32(44)26-19-40-43(31(26)35(37,38)39)29-13-7-12-28(41-29)25-10-6-11-27(36)30(25)47-21-22-14-16-23(17-15-22)24-9-8-18-42(20-24)33(45)48-34(2,3)4/h6-7,10-17,19,24H,5,8-9,18,20-21H2,1-4H3/t24-/m1/s1. The third-order valence-corrected chi connectivity index (χ3v) is 7.93. The monoisotopic (exact) mass is 684 g/mol. The molecule has 1 saturated heterocycles. The maximum atomic E-state index is 14.1. The molecule has 0 bridgehead atoms. The highest BCUT2D eigenvalue weighted by molar-refractivity contribution is 6.32. The van der Waals surface area contributed by atoms with Crippen LogP contribution in [-0.4, -0.2) is 57.0 Å². The van der Waals surface area contributed by atoms with Crippen LogP contribution in [0.2, 0.25) is 5.02 Å². The summed E-state index contributed by atoms with van der Waals surface area (Å²) in [7, 11) is 0. The van der Waals surface area contributed by atoms with Crippen LogP contribution in [0.25, 0.3) is 17.1 Å². The van der Waals surface area contributed by atoms with E-state index in [0.717, 1.165) is 30.2 Å². The molecule has 2 aromatic carbocycles. The Bertz CT molecular complexity index is 1770. The van der Waals surface area contributed by atoms with E-state index in [1.54, 1.807) is 29.2 Å². The first-order chi connectivity index (χ1) is 22.7. The van der Waals surface area contributed by atoms with Crippen molar-refractivity contribution in [3.63, 3.8) is 0 Å². The van der Waals surface area contributed by atoms with Gasteiger partial charge >= 0.3 is 18.2 Å². The number of likely N-dealkylation sites (tertiary alicyclic amines) is 1. The summed E-state index contributed by atoms with van der Waals surface area (Å²) in [5, 5.41) is 4.12. The van der Waals surface area contributed by atoms with Crippen molar-refractivity contribution < 1.29 is 37.0 Å². The van der Waals surface area contributed by atoms with Gasteiger partial charge in [0.1, 0.15) is 23.5 Å². The minimum absolute atomic E-state index is 0.0914. The maximum absolute atomic E-state index is 14.1.